The maximum atomic E-state index is 11.9. The van der Waals surface area contributed by atoms with Crippen LogP contribution < -0.4 is 5.73 Å². The second kappa shape index (κ2) is 4.49. The van der Waals surface area contributed by atoms with Gasteiger partial charge in [0.1, 0.15) is 0 Å². The first-order valence-electron chi connectivity index (χ1n) is 4.30. The highest BCUT2D eigenvalue weighted by molar-refractivity contribution is 7.89. The molecule has 0 radical (unpaired) electrons. The Hall–Kier alpha value is -0.620. The number of nitrogens with zero attached hydrogens (tertiary/aromatic N) is 1. The molecule has 1 aromatic rings. The van der Waals surface area contributed by atoms with Crippen LogP contribution in [0.2, 0.25) is 5.02 Å². The summed E-state index contributed by atoms with van der Waals surface area (Å²) >= 11 is 5.76. The van der Waals surface area contributed by atoms with E-state index < -0.39 is 10.0 Å². The van der Waals surface area contributed by atoms with Crippen LogP contribution in [0.5, 0.6) is 0 Å². The largest absolute Gasteiger partial charge is 0.326 e. The number of sulfonamides is 1. The molecule has 0 unspecified atom stereocenters. The molecule has 0 aliphatic carbocycles. The molecule has 0 aromatic heterocycles. The molecule has 1 rings (SSSR count). The molecular weight excluding hydrogens is 236 g/mol. The molecule has 1 aromatic carbocycles. The van der Waals surface area contributed by atoms with Gasteiger partial charge in [-0.25, -0.2) is 12.7 Å². The summed E-state index contributed by atoms with van der Waals surface area (Å²) in [5, 5.41) is 0.480. The lowest BCUT2D eigenvalue weighted by Gasteiger charge is -2.14. The number of rotatable bonds is 3. The summed E-state index contributed by atoms with van der Waals surface area (Å²) in [5.41, 5.74) is 6.00. The van der Waals surface area contributed by atoms with E-state index in [0.29, 0.717) is 10.6 Å². The average Bonchev–Trinajstić information content (AvgIpc) is 2.16. The number of hydrogen-bond acceptors (Lipinski definition) is 3. The number of nitrogens with two attached hydrogens (primary N) is 1. The Labute approximate surface area is 94.7 Å². The fourth-order valence-corrected chi connectivity index (χ4v) is 2.46. The lowest BCUT2D eigenvalue weighted by Crippen LogP contribution is -2.23. The van der Waals surface area contributed by atoms with Crippen molar-refractivity contribution in [3.05, 3.63) is 28.8 Å². The highest BCUT2D eigenvalue weighted by atomic mass is 35.5. The maximum Gasteiger partial charge on any atom is 0.242 e. The fourth-order valence-electron chi connectivity index (χ4n) is 1.16. The van der Waals surface area contributed by atoms with Gasteiger partial charge in [0.05, 0.1) is 4.90 Å². The molecule has 0 aliphatic rings. The van der Waals surface area contributed by atoms with Gasteiger partial charge in [-0.05, 0) is 23.8 Å². The number of hydrogen-bond donors (Lipinski definition) is 1. The minimum atomic E-state index is -3.44. The highest BCUT2D eigenvalue weighted by Gasteiger charge is 2.20. The third-order valence-electron chi connectivity index (χ3n) is 2.00. The van der Waals surface area contributed by atoms with Crippen LogP contribution >= 0.6 is 11.6 Å². The molecule has 2 N–H and O–H groups in total. The monoisotopic (exact) mass is 248 g/mol. The predicted octanol–water partition coefficient (Wildman–Crippen LogP) is 1.05. The quantitative estimate of drug-likeness (QED) is 0.870. The van der Waals surface area contributed by atoms with Gasteiger partial charge in [0.25, 0.3) is 0 Å². The van der Waals surface area contributed by atoms with Crippen molar-refractivity contribution in [1.29, 1.82) is 0 Å². The van der Waals surface area contributed by atoms with Gasteiger partial charge >= 0.3 is 0 Å². The summed E-state index contributed by atoms with van der Waals surface area (Å²) in [6.45, 7) is 0.142. The molecule has 0 amide bonds. The first-order chi connectivity index (χ1) is 6.89. The van der Waals surface area contributed by atoms with Gasteiger partial charge in [-0.15, -0.1) is 0 Å². The van der Waals surface area contributed by atoms with Crippen molar-refractivity contribution in [2.45, 2.75) is 11.4 Å². The molecule has 0 heterocycles. The molecule has 0 fully saturated rings. The van der Waals surface area contributed by atoms with Crippen molar-refractivity contribution in [2.75, 3.05) is 14.1 Å². The lowest BCUT2D eigenvalue weighted by molar-refractivity contribution is 0.519. The van der Waals surface area contributed by atoms with Crippen LogP contribution in [-0.2, 0) is 16.6 Å². The van der Waals surface area contributed by atoms with Gasteiger partial charge in [-0.1, -0.05) is 11.6 Å². The van der Waals surface area contributed by atoms with Crippen LogP contribution in [-0.4, -0.2) is 26.8 Å². The van der Waals surface area contributed by atoms with Crippen LogP contribution in [0.15, 0.2) is 23.1 Å². The Balaban J connectivity index is 3.38. The summed E-state index contributed by atoms with van der Waals surface area (Å²) in [6, 6.07) is 4.58. The standard InChI is InChI=1S/C9H13ClN2O2S/c1-12(2)15(13,14)9-4-3-8(10)5-7(9)6-11/h3-5H,6,11H2,1-2H3. The summed E-state index contributed by atoms with van der Waals surface area (Å²) in [6.07, 6.45) is 0. The Kier molecular flexibility index (Phi) is 3.72. The van der Waals surface area contributed by atoms with Crippen molar-refractivity contribution in [2.24, 2.45) is 5.73 Å². The van der Waals surface area contributed by atoms with Crippen LogP contribution in [0.25, 0.3) is 0 Å². The fraction of sp³-hybridized carbons (Fsp3) is 0.333. The molecule has 0 atom stereocenters. The molecule has 15 heavy (non-hydrogen) atoms. The summed E-state index contributed by atoms with van der Waals surface area (Å²) in [5.74, 6) is 0. The Bertz CT molecular complexity index is 457. The van der Waals surface area contributed by atoms with Crippen LogP contribution in [0.3, 0.4) is 0 Å². The Morgan fingerprint density at radius 1 is 1.40 bits per heavy atom. The predicted molar refractivity (Wildman–Crippen MR) is 60.2 cm³/mol. The molecule has 4 nitrogen and oxygen atoms in total. The van der Waals surface area contributed by atoms with Crippen molar-refractivity contribution < 1.29 is 8.42 Å². The van der Waals surface area contributed by atoms with Crippen LogP contribution in [0.1, 0.15) is 5.56 Å². The van der Waals surface area contributed by atoms with Crippen LogP contribution in [0, 0.1) is 0 Å². The van der Waals surface area contributed by atoms with Gasteiger partial charge in [0, 0.05) is 25.7 Å². The van der Waals surface area contributed by atoms with E-state index in [1.165, 1.54) is 26.2 Å². The summed E-state index contributed by atoms with van der Waals surface area (Å²) in [4.78, 5) is 0.208. The molecular formula is C9H13ClN2O2S. The highest BCUT2D eigenvalue weighted by Crippen LogP contribution is 2.21. The zero-order valence-electron chi connectivity index (χ0n) is 8.57. The van der Waals surface area contributed by atoms with Crippen molar-refractivity contribution >= 4 is 21.6 Å². The third kappa shape index (κ3) is 2.49. The topological polar surface area (TPSA) is 63.4 Å². The molecule has 0 aliphatic heterocycles. The first kappa shape index (κ1) is 12.4. The van der Waals surface area contributed by atoms with E-state index in [2.05, 4.69) is 0 Å². The van der Waals surface area contributed by atoms with E-state index in [-0.39, 0.29) is 11.4 Å². The first-order valence-corrected chi connectivity index (χ1v) is 6.12. The minimum Gasteiger partial charge on any atom is -0.326 e. The van der Waals surface area contributed by atoms with Gasteiger partial charge in [0.2, 0.25) is 10.0 Å². The van der Waals surface area contributed by atoms with Crippen molar-refractivity contribution in [3.8, 4) is 0 Å². The summed E-state index contributed by atoms with van der Waals surface area (Å²) in [7, 11) is -0.489. The van der Waals surface area contributed by atoms with Gasteiger partial charge < -0.3 is 5.73 Å². The molecule has 84 valence electrons. The second-order valence-electron chi connectivity index (χ2n) is 3.24. The molecule has 0 bridgehead atoms. The third-order valence-corrected chi connectivity index (χ3v) is 4.15. The van der Waals surface area contributed by atoms with E-state index in [1.54, 1.807) is 6.07 Å². The normalized spacial score (nSPS) is 12.1. The maximum absolute atomic E-state index is 11.9. The molecule has 0 saturated carbocycles. The van der Waals surface area contributed by atoms with E-state index in [9.17, 15) is 8.42 Å². The number of halogens is 1. The smallest absolute Gasteiger partial charge is 0.242 e. The Morgan fingerprint density at radius 3 is 2.47 bits per heavy atom. The van der Waals surface area contributed by atoms with Crippen molar-refractivity contribution in [3.63, 3.8) is 0 Å². The van der Waals surface area contributed by atoms with E-state index in [0.717, 1.165) is 4.31 Å². The average molecular weight is 249 g/mol. The van der Waals surface area contributed by atoms with Crippen LogP contribution in [0.4, 0.5) is 0 Å². The molecule has 0 spiro atoms. The number of benzene rings is 1. The van der Waals surface area contributed by atoms with Gasteiger partial charge in [-0.3, -0.25) is 0 Å². The van der Waals surface area contributed by atoms with Gasteiger partial charge in [0.15, 0.2) is 0 Å². The van der Waals surface area contributed by atoms with E-state index in [4.69, 9.17) is 17.3 Å². The Morgan fingerprint density at radius 2 is 2.00 bits per heavy atom. The SMILES string of the molecule is CN(C)S(=O)(=O)c1ccc(Cl)cc1CN. The molecule has 0 saturated heterocycles. The molecule has 6 heteroatoms. The summed E-state index contributed by atoms with van der Waals surface area (Å²) < 4.78 is 24.8. The minimum absolute atomic E-state index is 0.142. The second-order valence-corrected chi connectivity index (χ2v) is 5.80. The zero-order chi connectivity index (χ0) is 11.6. The van der Waals surface area contributed by atoms with Crippen molar-refractivity contribution in [1.82, 2.24) is 4.31 Å². The zero-order valence-corrected chi connectivity index (χ0v) is 10.1. The van der Waals surface area contributed by atoms with E-state index >= 15 is 0 Å². The van der Waals surface area contributed by atoms with Gasteiger partial charge in [-0.2, -0.15) is 0 Å². The van der Waals surface area contributed by atoms with E-state index in [1.807, 2.05) is 0 Å². The lowest BCUT2D eigenvalue weighted by atomic mass is 10.2.